The summed E-state index contributed by atoms with van der Waals surface area (Å²) < 4.78 is 11.0. The molecule has 4 amide bonds. The molecule has 0 bridgehead atoms. The van der Waals surface area contributed by atoms with Gasteiger partial charge >= 0.3 is 0 Å². The van der Waals surface area contributed by atoms with Crippen molar-refractivity contribution in [1.82, 2.24) is 15.1 Å². The van der Waals surface area contributed by atoms with Crippen molar-refractivity contribution in [2.45, 2.75) is 38.0 Å². The number of hydrogen-bond donors (Lipinski definition) is 1. The fourth-order valence-corrected chi connectivity index (χ4v) is 4.94. The lowest BCUT2D eigenvalue weighted by Crippen LogP contribution is -2.54. The number of rotatable bonds is 6. The van der Waals surface area contributed by atoms with Crippen LogP contribution in [0.1, 0.15) is 46.4 Å². The molecule has 1 atom stereocenters. The van der Waals surface area contributed by atoms with Crippen LogP contribution in [0, 0.1) is 0 Å². The summed E-state index contributed by atoms with van der Waals surface area (Å²) in [5.41, 5.74) is 1.53. The summed E-state index contributed by atoms with van der Waals surface area (Å²) >= 11 is 0. The van der Waals surface area contributed by atoms with Crippen LogP contribution < -0.4 is 10.2 Å². The molecule has 10 nitrogen and oxygen atoms in total. The summed E-state index contributed by atoms with van der Waals surface area (Å²) in [4.78, 5) is 55.2. The number of imide groups is 2. The molecule has 3 saturated heterocycles. The van der Waals surface area contributed by atoms with Crippen molar-refractivity contribution < 1.29 is 28.7 Å². The van der Waals surface area contributed by atoms with Gasteiger partial charge in [-0.15, -0.1) is 0 Å². The predicted octanol–water partition coefficient (Wildman–Crippen LogP) is 0.363. The van der Waals surface area contributed by atoms with Crippen molar-refractivity contribution in [3.05, 3.63) is 29.3 Å². The third-order valence-electron chi connectivity index (χ3n) is 6.77. The van der Waals surface area contributed by atoms with E-state index < -0.39 is 23.8 Å². The summed E-state index contributed by atoms with van der Waals surface area (Å²) in [6.45, 7) is 5.85. The average molecular weight is 456 g/mol. The molecule has 10 heteroatoms. The lowest BCUT2D eigenvalue weighted by atomic mass is 10.0. The van der Waals surface area contributed by atoms with E-state index >= 15 is 0 Å². The second-order valence-corrected chi connectivity index (χ2v) is 8.82. The highest BCUT2D eigenvalue weighted by Crippen LogP contribution is 2.31. The molecule has 0 aromatic heterocycles. The first-order chi connectivity index (χ1) is 16.0. The SMILES string of the molecule is O=C1CCC(N2C(=O)c3ccc(N4CCN(CCCC5OCCO5)CC4)cc3C2=O)C(=O)N1. The molecule has 33 heavy (non-hydrogen) atoms. The molecule has 1 N–H and O–H groups in total. The van der Waals surface area contributed by atoms with Crippen LogP contribution in [-0.2, 0) is 19.1 Å². The van der Waals surface area contributed by atoms with Gasteiger partial charge in [0.2, 0.25) is 11.8 Å². The molecule has 4 heterocycles. The number of amides is 4. The van der Waals surface area contributed by atoms with Gasteiger partial charge in [-0.1, -0.05) is 0 Å². The van der Waals surface area contributed by atoms with Crippen molar-refractivity contribution in [3.63, 3.8) is 0 Å². The Morgan fingerprint density at radius 3 is 2.39 bits per heavy atom. The third kappa shape index (κ3) is 4.38. The van der Waals surface area contributed by atoms with Gasteiger partial charge < -0.3 is 14.4 Å². The largest absolute Gasteiger partial charge is 0.369 e. The number of piperazine rings is 1. The highest BCUT2D eigenvalue weighted by molar-refractivity contribution is 6.23. The standard InChI is InChI=1S/C23H28N4O6/c28-19-6-5-18(21(29)24-19)27-22(30)16-4-3-15(14-17(16)23(27)31)26-10-8-25(9-11-26)7-1-2-20-32-12-13-33-20/h3-4,14,18,20H,1-2,5-13H2,(H,24,28,29). The zero-order valence-corrected chi connectivity index (χ0v) is 18.5. The first-order valence-corrected chi connectivity index (χ1v) is 11.6. The molecule has 176 valence electrons. The number of hydrogen-bond acceptors (Lipinski definition) is 8. The Hall–Kier alpha value is -2.82. The van der Waals surface area contributed by atoms with E-state index in [4.69, 9.17) is 9.47 Å². The first kappa shape index (κ1) is 22.0. The summed E-state index contributed by atoms with van der Waals surface area (Å²) in [6, 6.07) is 4.35. The normalized spacial score (nSPS) is 24.5. The number of ether oxygens (including phenoxy) is 2. The minimum atomic E-state index is -0.942. The highest BCUT2D eigenvalue weighted by atomic mass is 16.7. The Labute approximate surface area is 191 Å². The number of benzene rings is 1. The summed E-state index contributed by atoms with van der Waals surface area (Å²) in [6.07, 6.45) is 2.14. The zero-order chi connectivity index (χ0) is 22.9. The number of fused-ring (bicyclic) bond motifs is 1. The van der Waals surface area contributed by atoms with Gasteiger partial charge in [-0.3, -0.25) is 34.3 Å². The first-order valence-electron chi connectivity index (χ1n) is 11.6. The van der Waals surface area contributed by atoms with Crippen LogP contribution in [0.25, 0.3) is 0 Å². The predicted molar refractivity (Wildman–Crippen MR) is 117 cm³/mol. The van der Waals surface area contributed by atoms with Crippen LogP contribution >= 0.6 is 0 Å². The molecule has 1 unspecified atom stereocenters. The average Bonchev–Trinajstić information content (AvgIpc) is 3.42. The summed E-state index contributed by atoms with van der Waals surface area (Å²) in [7, 11) is 0. The highest BCUT2D eigenvalue weighted by Gasteiger charge is 2.44. The van der Waals surface area contributed by atoms with E-state index in [0.717, 1.165) is 56.2 Å². The van der Waals surface area contributed by atoms with Gasteiger partial charge in [-0.2, -0.15) is 0 Å². The van der Waals surface area contributed by atoms with Crippen LogP contribution in [0.5, 0.6) is 0 Å². The van der Waals surface area contributed by atoms with Crippen molar-refractivity contribution in [2.75, 3.05) is 50.8 Å². The Balaban J connectivity index is 1.19. The number of carbonyl (C=O) groups excluding carboxylic acids is 4. The molecular weight excluding hydrogens is 428 g/mol. The van der Waals surface area contributed by atoms with Gasteiger partial charge in [0.15, 0.2) is 6.29 Å². The Bertz CT molecular complexity index is 968. The smallest absolute Gasteiger partial charge is 0.262 e. The molecule has 4 aliphatic heterocycles. The molecule has 1 aromatic rings. The summed E-state index contributed by atoms with van der Waals surface area (Å²) in [5, 5.41) is 2.22. The van der Waals surface area contributed by atoms with E-state index in [1.807, 2.05) is 6.07 Å². The monoisotopic (exact) mass is 456 g/mol. The Morgan fingerprint density at radius 2 is 1.67 bits per heavy atom. The van der Waals surface area contributed by atoms with Gasteiger partial charge in [0.25, 0.3) is 11.8 Å². The number of carbonyl (C=O) groups is 4. The number of nitrogens with zero attached hydrogens (tertiary/aromatic N) is 3. The lowest BCUT2D eigenvalue weighted by molar-refractivity contribution is -0.136. The van der Waals surface area contributed by atoms with Crippen LogP contribution in [0.2, 0.25) is 0 Å². The third-order valence-corrected chi connectivity index (χ3v) is 6.77. The van der Waals surface area contributed by atoms with E-state index in [1.54, 1.807) is 12.1 Å². The van der Waals surface area contributed by atoms with Crippen LogP contribution in [0.15, 0.2) is 18.2 Å². The fourth-order valence-electron chi connectivity index (χ4n) is 4.94. The van der Waals surface area contributed by atoms with Crippen molar-refractivity contribution in [2.24, 2.45) is 0 Å². The van der Waals surface area contributed by atoms with Crippen LogP contribution in [0.4, 0.5) is 5.69 Å². The van der Waals surface area contributed by atoms with Crippen molar-refractivity contribution >= 4 is 29.3 Å². The molecule has 4 aliphatic rings. The molecule has 5 rings (SSSR count). The Kier molecular flexibility index (Phi) is 6.13. The zero-order valence-electron chi connectivity index (χ0n) is 18.5. The number of piperidine rings is 1. The minimum absolute atomic E-state index is 0.0577. The van der Waals surface area contributed by atoms with Crippen LogP contribution in [-0.4, -0.2) is 91.7 Å². The maximum atomic E-state index is 13.0. The quantitative estimate of drug-likeness (QED) is 0.612. The van der Waals surface area contributed by atoms with Crippen molar-refractivity contribution in [1.29, 1.82) is 0 Å². The second-order valence-electron chi connectivity index (χ2n) is 8.82. The fraction of sp³-hybridized carbons (Fsp3) is 0.565. The second kappa shape index (κ2) is 9.20. The van der Waals surface area contributed by atoms with Gasteiger partial charge in [-0.25, -0.2) is 0 Å². The van der Waals surface area contributed by atoms with Gasteiger partial charge in [0.05, 0.1) is 24.3 Å². The van der Waals surface area contributed by atoms with E-state index in [1.165, 1.54) is 0 Å². The molecule has 0 aliphatic carbocycles. The van der Waals surface area contributed by atoms with Gasteiger partial charge in [-0.05, 0) is 44.0 Å². The van der Waals surface area contributed by atoms with Crippen molar-refractivity contribution in [3.8, 4) is 0 Å². The van der Waals surface area contributed by atoms with Gasteiger partial charge in [0, 0.05) is 38.3 Å². The Morgan fingerprint density at radius 1 is 0.939 bits per heavy atom. The maximum absolute atomic E-state index is 13.0. The minimum Gasteiger partial charge on any atom is -0.369 e. The molecule has 0 saturated carbocycles. The van der Waals surface area contributed by atoms with E-state index in [2.05, 4.69) is 15.1 Å². The van der Waals surface area contributed by atoms with Crippen LogP contribution in [0.3, 0.4) is 0 Å². The number of nitrogens with one attached hydrogen (secondary N) is 1. The molecule has 0 radical (unpaired) electrons. The van der Waals surface area contributed by atoms with E-state index in [9.17, 15) is 19.2 Å². The summed E-state index contributed by atoms with van der Waals surface area (Å²) in [5.74, 6) is -1.92. The van der Waals surface area contributed by atoms with E-state index in [0.29, 0.717) is 24.3 Å². The topological polar surface area (TPSA) is 108 Å². The molecule has 0 spiro atoms. The van der Waals surface area contributed by atoms with Gasteiger partial charge in [0.1, 0.15) is 6.04 Å². The molecule has 3 fully saturated rings. The maximum Gasteiger partial charge on any atom is 0.262 e. The lowest BCUT2D eigenvalue weighted by Gasteiger charge is -2.36. The molecule has 1 aromatic carbocycles. The number of anilines is 1. The molecular formula is C23H28N4O6. The van der Waals surface area contributed by atoms with E-state index in [-0.39, 0.29) is 25.0 Å².